The summed E-state index contributed by atoms with van der Waals surface area (Å²) in [5.41, 5.74) is 6.57. The van der Waals surface area contributed by atoms with Crippen LogP contribution in [0, 0.1) is 11.8 Å². The number of hydrogen-bond donors (Lipinski definition) is 0. The second-order valence-electron chi connectivity index (χ2n) is 17.2. The molecule has 0 aromatic heterocycles. The SMILES string of the molecule is c1cc2c(c(P(C3CCCCC3)C3CCCCC3)c1)OC13Oc4c(cccc4P(C4CCCCC4)C4CCCCC4)C[C@H]1CCC[C@@H]3C2. The minimum Gasteiger partial charge on any atom is -0.451 e. The number of hydrogen-bond acceptors (Lipinski definition) is 2. The fourth-order valence-electron chi connectivity index (χ4n) is 12.0. The van der Waals surface area contributed by atoms with E-state index in [4.69, 9.17) is 9.47 Å². The Hall–Kier alpha value is -1.10. The zero-order chi connectivity index (χ0) is 31.9. The van der Waals surface area contributed by atoms with Gasteiger partial charge >= 0.3 is 0 Å². The van der Waals surface area contributed by atoms with Crippen molar-refractivity contribution in [3.63, 3.8) is 0 Å². The van der Waals surface area contributed by atoms with E-state index in [-0.39, 0.29) is 15.8 Å². The third-order valence-corrected chi connectivity index (χ3v) is 21.3. The van der Waals surface area contributed by atoms with E-state index in [0.717, 1.165) is 35.5 Å². The van der Waals surface area contributed by atoms with Crippen LogP contribution in [0.25, 0.3) is 0 Å². The first kappa shape index (κ1) is 32.8. The van der Waals surface area contributed by atoms with Gasteiger partial charge in [-0.2, -0.15) is 0 Å². The maximum atomic E-state index is 7.80. The van der Waals surface area contributed by atoms with Crippen LogP contribution in [0.4, 0.5) is 0 Å². The summed E-state index contributed by atoms with van der Waals surface area (Å²) in [5, 5.41) is 3.29. The molecule has 0 radical (unpaired) electrons. The molecule has 0 bridgehead atoms. The van der Waals surface area contributed by atoms with E-state index in [0.29, 0.717) is 11.8 Å². The molecule has 5 saturated carbocycles. The molecule has 0 saturated heterocycles. The van der Waals surface area contributed by atoms with Crippen LogP contribution in [0.5, 0.6) is 11.5 Å². The lowest BCUT2D eigenvalue weighted by atomic mass is 9.68. The second-order valence-corrected chi connectivity index (χ2v) is 22.7. The average molecular weight is 685 g/mol. The van der Waals surface area contributed by atoms with Gasteiger partial charge in [0.1, 0.15) is 11.5 Å². The van der Waals surface area contributed by atoms with Crippen molar-refractivity contribution >= 4 is 26.5 Å². The molecule has 0 unspecified atom stereocenters. The van der Waals surface area contributed by atoms with E-state index in [1.807, 2.05) is 0 Å². The Bertz CT molecular complexity index is 1260. The van der Waals surface area contributed by atoms with Crippen LogP contribution in [-0.2, 0) is 12.8 Å². The zero-order valence-corrected chi connectivity index (χ0v) is 31.6. The molecule has 0 N–H and O–H groups in total. The van der Waals surface area contributed by atoms with E-state index in [9.17, 15) is 0 Å². The van der Waals surface area contributed by atoms with Gasteiger partial charge in [-0.3, -0.25) is 0 Å². The van der Waals surface area contributed by atoms with E-state index in [1.54, 1.807) is 10.6 Å². The molecule has 5 fully saturated rings. The van der Waals surface area contributed by atoms with Crippen LogP contribution in [0.15, 0.2) is 36.4 Å². The van der Waals surface area contributed by atoms with Crippen molar-refractivity contribution in [3.8, 4) is 11.5 Å². The van der Waals surface area contributed by atoms with Crippen molar-refractivity contribution in [2.75, 3.05) is 0 Å². The van der Waals surface area contributed by atoms with Crippen LogP contribution < -0.4 is 20.1 Å². The van der Waals surface area contributed by atoms with Crippen LogP contribution in [-0.4, -0.2) is 28.4 Å². The molecule has 2 aromatic carbocycles. The van der Waals surface area contributed by atoms with Gasteiger partial charge in [0.2, 0.25) is 0 Å². The summed E-state index contributed by atoms with van der Waals surface area (Å²) >= 11 is 0. The lowest BCUT2D eigenvalue weighted by Gasteiger charge is -2.55. The Morgan fingerprint density at radius 3 is 1.12 bits per heavy atom. The first-order chi connectivity index (χ1) is 23.8. The van der Waals surface area contributed by atoms with Crippen molar-refractivity contribution in [3.05, 3.63) is 47.5 Å². The average Bonchev–Trinajstić information content (AvgIpc) is 3.15. The topological polar surface area (TPSA) is 18.5 Å². The van der Waals surface area contributed by atoms with Crippen LogP contribution >= 0.6 is 15.8 Å². The Morgan fingerprint density at radius 2 is 0.771 bits per heavy atom. The third-order valence-electron chi connectivity index (χ3n) is 14.3. The van der Waals surface area contributed by atoms with Crippen LogP contribution in [0.3, 0.4) is 0 Å². The maximum absolute atomic E-state index is 7.80. The van der Waals surface area contributed by atoms with E-state index < -0.39 is 5.79 Å². The first-order valence-electron chi connectivity index (χ1n) is 21.0. The fourth-order valence-corrected chi connectivity index (χ4v) is 19.8. The molecule has 2 heterocycles. The number of fused-ring (bicyclic) bond motifs is 2. The second kappa shape index (κ2) is 14.5. The molecule has 48 heavy (non-hydrogen) atoms. The highest BCUT2D eigenvalue weighted by molar-refractivity contribution is 7.67. The summed E-state index contributed by atoms with van der Waals surface area (Å²) in [6, 6.07) is 14.8. The van der Waals surface area contributed by atoms with Crippen LogP contribution in [0.1, 0.15) is 159 Å². The molecule has 4 heteroatoms. The van der Waals surface area contributed by atoms with Gasteiger partial charge in [0.15, 0.2) is 0 Å². The smallest absolute Gasteiger partial charge is 0.257 e. The number of para-hydroxylation sites is 2. The Labute approximate surface area is 294 Å². The standard InChI is InChI=1S/C44H62O2P2/c1-5-20-36(21-6-1)47(37-22-7-2-8-23-37)40-28-13-16-32-30-34-18-15-19-35-31-33-17-14-29-41(43(33)46-44(34,35)45-42(32)40)48(38-24-9-3-10-25-38)39-26-11-4-12-27-39/h13-14,16-17,28-29,34-39H,1-12,15,18-27,30-31H2/t34-,35-,44?/m1/s1. The Balaban J connectivity index is 1.11. The van der Waals surface area contributed by atoms with Gasteiger partial charge in [-0.05, 0) is 111 Å². The van der Waals surface area contributed by atoms with Crippen molar-refractivity contribution in [1.82, 2.24) is 0 Å². The van der Waals surface area contributed by atoms with Crippen molar-refractivity contribution in [2.24, 2.45) is 11.8 Å². The quantitative estimate of drug-likeness (QED) is 0.282. The van der Waals surface area contributed by atoms with Gasteiger partial charge in [0.05, 0.1) is 0 Å². The molecule has 0 amide bonds. The Morgan fingerprint density at radius 1 is 0.417 bits per heavy atom. The molecule has 2 nitrogen and oxygen atoms in total. The highest BCUT2D eigenvalue weighted by atomic mass is 31.1. The minimum absolute atomic E-state index is 0.223. The molecular formula is C44H62O2P2. The highest BCUT2D eigenvalue weighted by Crippen LogP contribution is 2.61. The third kappa shape index (κ3) is 6.12. The molecule has 7 aliphatic rings. The van der Waals surface area contributed by atoms with Gasteiger partial charge in [-0.1, -0.05) is 136 Å². The highest BCUT2D eigenvalue weighted by Gasteiger charge is 2.58. The fraction of sp³-hybridized carbons (Fsp3) is 0.727. The summed E-state index contributed by atoms with van der Waals surface area (Å²) in [6.45, 7) is 0. The molecule has 2 aliphatic heterocycles. The number of ether oxygens (including phenoxy) is 2. The Kier molecular flexibility index (Phi) is 9.90. The predicted octanol–water partition coefficient (Wildman–Crippen LogP) is 11.9. The summed E-state index contributed by atoms with van der Waals surface area (Å²) < 4.78 is 15.6. The lowest BCUT2D eigenvalue weighted by molar-refractivity contribution is -0.225. The maximum Gasteiger partial charge on any atom is 0.257 e. The van der Waals surface area contributed by atoms with Crippen molar-refractivity contribution in [2.45, 2.75) is 189 Å². The van der Waals surface area contributed by atoms with Crippen molar-refractivity contribution in [1.29, 1.82) is 0 Å². The van der Waals surface area contributed by atoms with Gasteiger partial charge in [-0.25, -0.2) is 0 Å². The monoisotopic (exact) mass is 684 g/mol. The summed E-state index contributed by atoms with van der Waals surface area (Å²) in [5.74, 6) is 3.07. The minimum atomic E-state index is -0.481. The molecule has 9 rings (SSSR count). The van der Waals surface area contributed by atoms with E-state index in [2.05, 4.69) is 36.4 Å². The van der Waals surface area contributed by atoms with Gasteiger partial charge in [0, 0.05) is 22.4 Å². The van der Waals surface area contributed by atoms with Gasteiger partial charge < -0.3 is 9.47 Å². The molecule has 2 atom stereocenters. The van der Waals surface area contributed by atoms with Crippen LogP contribution in [0.2, 0.25) is 0 Å². The predicted molar refractivity (Wildman–Crippen MR) is 206 cm³/mol. The molecular weight excluding hydrogens is 622 g/mol. The van der Waals surface area contributed by atoms with E-state index >= 15 is 0 Å². The van der Waals surface area contributed by atoms with E-state index in [1.165, 1.54) is 170 Å². The molecule has 260 valence electrons. The number of benzene rings is 2. The number of rotatable bonds is 6. The molecule has 5 aliphatic carbocycles. The van der Waals surface area contributed by atoms with Gasteiger partial charge in [-0.15, -0.1) is 0 Å². The summed E-state index contributed by atoms with van der Waals surface area (Å²) in [4.78, 5) is 0. The summed E-state index contributed by atoms with van der Waals surface area (Å²) in [7, 11) is -0.447. The summed E-state index contributed by atoms with van der Waals surface area (Å²) in [6.07, 6.45) is 35.0. The van der Waals surface area contributed by atoms with Gasteiger partial charge in [0.25, 0.3) is 5.79 Å². The lowest BCUT2D eigenvalue weighted by Crippen LogP contribution is -2.62. The normalized spacial score (nSPS) is 30.5. The largest absolute Gasteiger partial charge is 0.451 e. The molecule has 1 spiro atoms. The zero-order valence-electron chi connectivity index (χ0n) is 29.8. The molecule has 2 aromatic rings. The first-order valence-corrected chi connectivity index (χ1v) is 23.9. The van der Waals surface area contributed by atoms with Crippen molar-refractivity contribution < 1.29 is 9.47 Å².